The van der Waals surface area contributed by atoms with E-state index in [1.165, 1.54) is 31.3 Å². The van der Waals surface area contributed by atoms with E-state index in [1.54, 1.807) is 10.9 Å². The van der Waals surface area contributed by atoms with Gasteiger partial charge in [-0.05, 0) is 32.1 Å². The zero-order valence-corrected chi connectivity index (χ0v) is 11.5. The quantitative estimate of drug-likeness (QED) is 0.798. The van der Waals surface area contributed by atoms with Crippen molar-refractivity contribution >= 4 is 6.03 Å². The Morgan fingerprint density at radius 1 is 1.42 bits per heavy atom. The Bertz CT molecular complexity index is 450. The molecule has 1 heterocycles. The number of carbonyl (C=O) groups is 1. The van der Waals surface area contributed by atoms with E-state index >= 15 is 0 Å². The molecule has 0 unspecified atom stereocenters. The van der Waals surface area contributed by atoms with Crippen LogP contribution in [0.2, 0.25) is 0 Å². The van der Waals surface area contributed by atoms with Crippen molar-refractivity contribution in [2.45, 2.75) is 38.6 Å². The van der Waals surface area contributed by atoms with E-state index in [0.717, 1.165) is 12.0 Å². The lowest BCUT2D eigenvalue weighted by atomic mass is 9.97. The van der Waals surface area contributed by atoms with Crippen molar-refractivity contribution in [3.8, 4) is 0 Å². The lowest BCUT2D eigenvalue weighted by molar-refractivity contribution is 0.240. The molecule has 1 aliphatic rings. The van der Waals surface area contributed by atoms with E-state index in [0.29, 0.717) is 13.1 Å². The molecule has 0 atom stereocenters. The third-order valence-corrected chi connectivity index (χ3v) is 3.33. The molecular formula is C14H22N4O. The smallest absolute Gasteiger partial charge is 0.315 e. The molecular weight excluding hydrogens is 240 g/mol. The molecule has 1 aromatic rings. The molecule has 0 aromatic carbocycles. The molecule has 0 radical (unpaired) electrons. The normalized spacial score (nSPS) is 14.9. The minimum absolute atomic E-state index is 0.111. The van der Waals surface area contributed by atoms with E-state index in [1.807, 2.05) is 13.2 Å². The lowest BCUT2D eigenvalue weighted by Gasteiger charge is -2.13. The number of amides is 2. The van der Waals surface area contributed by atoms with Gasteiger partial charge in [-0.3, -0.25) is 4.68 Å². The molecule has 5 heteroatoms. The number of nitrogens with zero attached hydrogens (tertiary/aromatic N) is 2. The van der Waals surface area contributed by atoms with Gasteiger partial charge in [0.25, 0.3) is 0 Å². The largest absolute Gasteiger partial charge is 0.338 e. The molecule has 2 rings (SSSR count). The fourth-order valence-electron chi connectivity index (χ4n) is 2.28. The van der Waals surface area contributed by atoms with Crippen LogP contribution in [0.25, 0.3) is 0 Å². The van der Waals surface area contributed by atoms with Crippen molar-refractivity contribution in [2.24, 2.45) is 7.05 Å². The number of aryl methyl sites for hydroxylation is 1. The second-order valence-electron chi connectivity index (χ2n) is 4.99. The number of hydrogen-bond donors (Lipinski definition) is 2. The molecule has 0 saturated heterocycles. The van der Waals surface area contributed by atoms with E-state index in [-0.39, 0.29) is 6.03 Å². The molecule has 19 heavy (non-hydrogen) atoms. The SMILES string of the molecule is Cn1cc(CNC(=O)NCCC2=CCCCC2)cn1. The summed E-state index contributed by atoms with van der Waals surface area (Å²) in [4.78, 5) is 11.6. The molecule has 0 saturated carbocycles. The average molecular weight is 262 g/mol. The fourth-order valence-corrected chi connectivity index (χ4v) is 2.28. The molecule has 2 amide bonds. The van der Waals surface area contributed by atoms with E-state index in [9.17, 15) is 4.79 Å². The lowest BCUT2D eigenvalue weighted by Crippen LogP contribution is -2.35. The summed E-state index contributed by atoms with van der Waals surface area (Å²) in [6.45, 7) is 1.23. The highest BCUT2D eigenvalue weighted by Gasteiger charge is 2.05. The number of rotatable bonds is 5. The van der Waals surface area contributed by atoms with Gasteiger partial charge in [-0.25, -0.2) is 4.79 Å². The summed E-state index contributed by atoms with van der Waals surface area (Å²) in [5.74, 6) is 0. The second kappa shape index (κ2) is 6.97. The Morgan fingerprint density at radius 2 is 2.32 bits per heavy atom. The number of nitrogens with one attached hydrogen (secondary N) is 2. The number of carbonyl (C=O) groups excluding carboxylic acids is 1. The van der Waals surface area contributed by atoms with Crippen LogP contribution in [-0.2, 0) is 13.6 Å². The van der Waals surface area contributed by atoms with Crippen molar-refractivity contribution in [1.29, 1.82) is 0 Å². The predicted octanol–water partition coefficient (Wildman–Crippen LogP) is 2.11. The van der Waals surface area contributed by atoms with Gasteiger partial charge in [-0.2, -0.15) is 5.10 Å². The first-order valence-electron chi connectivity index (χ1n) is 6.91. The molecule has 0 fully saturated rings. The van der Waals surface area contributed by atoms with Gasteiger partial charge in [0, 0.05) is 31.9 Å². The predicted molar refractivity (Wildman–Crippen MR) is 74.6 cm³/mol. The maximum absolute atomic E-state index is 11.6. The summed E-state index contributed by atoms with van der Waals surface area (Å²) < 4.78 is 1.73. The monoisotopic (exact) mass is 262 g/mol. The van der Waals surface area contributed by atoms with Crippen LogP contribution >= 0.6 is 0 Å². The molecule has 104 valence electrons. The highest BCUT2D eigenvalue weighted by atomic mass is 16.2. The van der Waals surface area contributed by atoms with Crippen LogP contribution in [0.3, 0.4) is 0 Å². The topological polar surface area (TPSA) is 59.0 Å². The molecule has 1 aliphatic carbocycles. The van der Waals surface area contributed by atoms with Gasteiger partial charge in [0.15, 0.2) is 0 Å². The van der Waals surface area contributed by atoms with Gasteiger partial charge in [-0.1, -0.05) is 11.6 Å². The van der Waals surface area contributed by atoms with Crippen molar-refractivity contribution in [3.05, 3.63) is 29.6 Å². The van der Waals surface area contributed by atoms with Gasteiger partial charge in [0.2, 0.25) is 0 Å². The van der Waals surface area contributed by atoms with Gasteiger partial charge in [0.05, 0.1) is 6.20 Å². The molecule has 1 aromatic heterocycles. The highest BCUT2D eigenvalue weighted by molar-refractivity contribution is 5.73. The van der Waals surface area contributed by atoms with Gasteiger partial charge < -0.3 is 10.6 Å². The second-order valence-corrected chi connectivity index (χ2v) is 4.99. The van der Waals surface area contributed by atoms with Crippen molar-refractivity contribution < 1.29 is 4.79 Å². The van der Waals surface area contributed by atoms with E-state index in [4.69, 9.17) is 0 Å². The zero-order chi connectivity index (χ0) is 13.5. The molecule has 0 aliphatic heterocycles. The Morgan fingerprint density at radius 3 is 3.00 bits per heavy atom. The summed E-state index contributed by atoms with van der Waals surface area (Å²) >= 11 is 0. The van der Waals surface area contributed by atoms with Crippen LogP contribution in [0.1, 0.15) is 37.7 Å². The summed E-state index contributed by atoms with van der Waals surface area (Å²) in [6.07, 6.45) is 11.9. The maximum Gasteiger partial charge on any atom is 0.315 e. The third-order valence-electron chi connectivity index (χ3n) is 3.33. The standard InChI is InChI=1S/C14H22N4O/c1-18-11-13(10-17-18)9-16-14(19)15-8-7-12-5-3-2-4-6-12/h5,10-11H,2-4,6-9H2,1H3,(H2,15,16,19). The molecule has 5 nitrogen and oxygen atoms in total. The van der Waals surface area contributed by atoms with Crippen molar-refractivity contribution in [2.75, 3.05) is 6.54 Å². The van der Waals surface area contributed by atoms with Crippen molar-refractivity contribution in [1.82, 2.24) is 20.4 Å². The fraction of sp³-hybridized carbons (Fsp3) is 0.571. The maximum atomic E-state index is 11.6. The summed E-state index contributed by atoms with van der Waals surface area (Å²) in [5.41, 5.74) is 2.49. The summed E-state index contributed by atoms with van der Waals surface area (Å²) in [5, 5.41) is 9.77. The van der Waals surface area contributed by atoms with Gasteiger partial charge in [0.1, 0.15) is 0 Å². The van der Waals surface area contributed by atoms with Crippen LogP contribution in [0.4, 0.5) is 4.79 Å². The van der Waals surface area contributed by atoms with Crippen LogP contribution in [0.15, 0.2) is 24.0 Å². The number of hydrogen-bond acceptors (Lipinski definition) is 2. The first kappa shape index (κ1) is 13.6. The van der Waals surface area contributed by atoms with Gasteiger partial charge >= 0.3 is 6.03 Å². The van der Waals surface area contributed by atoms with Crippen molar-refractivity contribution in [3.63, 3.8) is 0 Å². The first-order chi connectivity index (χ1) is 9.24. The summed E-state index contributed by atoms with van der Waals surface area (Å²) in [6, 6.07) is -0.111. The summed E-state index contributed by atoms with van der Waals surface area (Å²) in [7, 11) is 1.86. The van der Waals surface area contributed by atoms with Gasteiger partial charge in [-0.15, -0.1) is 0 Å². The Hall–Kier alpha value is -1.78. The highest BCUT2D eigenvalue weighted by Crippen LogP contribution is 2.19. The Labute approximate surface area is 114 Å². The number of aromatic nitrogens is 2. The van der Waals surface area contributed by atoms with E-state index < -0.39 is 0 Å². The van der Waals surface area contributed by atoms with Crippen LogP contribution < -0.4 is 10.6 Å². The Balaban J connectivity index is 1.60. The van der Waals surface area contributed by atoms with Crippen LogP contribution in [0.5, 0.6) is 0 Å². The minimum Gasteiger partial charge on any atom is -0.338 e. The number of urea groups is 1. The van der Waals surface area contributed by atoms with Crippen LogP contribution in [-0.4, -0.2) is 22.4 Å². The third kappa shape index (κ3) is 4.77. The molecule has 0 bridgehead atoms. The zero-order valence-electron chi connectivity index (χ0n) is 11.5. The molecule has 2 N–H and O–H groups in total. The first-order valence-corrected chi connectivity index (χ1v) is 6.91. The average Bonchev–Trinajstić information content (AvgIpc) is 2.83. The minimum atomic E-state index is -0.111. The number of allylic oxidation sites excluding steroid dienone is 1. The van der Waals surface area contributed by atoms with Crippen LogP contribution in [0, 0.1) is 0 Å². The molecule has 0 spiro atoms. The Kier molecular flexibility index (Phi) is 5.01. The van der Waals surface area contributed by atoms with E-state index in [2.05, 4.69) is 21.8 Å².